The van der Waals surface area contributed by atoms with Crippen LogP contribution in [0.3, 0.4) is 0 Å². The predicted molar refractivity (Wildman–Crippen MR) is 61.9 cm³/mol. The molecular formula is C11H13N3O3. The highest BCUT2D eigenvalue weighted by molar-refractivity contribution is 5.68. The third-order valence-corrected chi connectivity index (χ3v) is 2.39. The van der Waals surface area contributed by atoms with Gasteiger partial charge in [-0.2, -0.15) is 0 Å². The average Bonchev–Trinajstić information content (AvgIpc) is 2.27. The number of aliphatic carboxylic acids is 1. The highest BCUT2D eigenvalue weighted by Gasteiger charge is 2.16. The van der Waals surface area contributed by atoms with Crippen molar-refractivity contribution in [3.8, 4) is 5.75 Å². The zero-order valence-electron chi connectivity index (χ0n) is 9.62. The minimum absolute atomic E-state index is 0.225. The van der Waals surface area contributed by atoms with Crippen LogP contribution in [0.2, 0.25) is 0 Å². The Morgan fingerprint density at radius 3 is 2.82 bits per heavy atom. The van der Waals surface area contributed by atoms with E-state index in [1.165, 1.54) is 0 Å². The molecule has 1 unspecified atom stereocenters. The summed E-state index contributed by atoms with van der Waals surface area (Å²) in [5, 5.41) is 12.3. The Morgan fingerprint density at radius 2 is 2.35 bits per heavy atom. The van der Waals surface area contributed by atoms with Crippen molar-refractivity contribution in [1.29, 1.82) is 0 Å². The van der Waals surface area contributed by atoms with Crippen molar-refractivity contribution in [2.45, 2.75) is 19.4 Å². The first-order valence-electron chi connectivity index (χ1n) is 4.99. The van der Waals surface area contributed by atoms with Crippen LogP contribution in [0.25, 0.3) is 10.4 Å². The molecule has 0 bridgehead atoms. The Kier molecular flexibility index (Phi) is 4.37. The van der Waals surface area contributed by atoms with Crippen molar-refractivity contribution < 1.29 is 14.6 Å². The van der Waals surface area contributed by atoms with E-state index in [0.717, 1.165) is 5.56 Å². The van der Waals surface area contributed by atoms with Gasteiger partial charge in [-0.15, -0.1) is 0 Å². The van der Waals surface area contributed by atoms with Crippen molar-refractivity contribution in [2.75, 3.05) is 7.11 Å². The summed E-state index contributed by atoms with van der Waals surface area (Å²) in [4.78, 5) is 13.4. The number of hydrogen-bond acceptors (Lipinski definition) is 3. The summed E-state index contributed by atoms with van der Waals surface area (Å²) < 4.78 is 5.05. The number of carboxylic acids is 1. The van der Waals surface area contributed by atoms with Gasteiger partial charge in [0.25, 0.3) is 0 Å². The smallest absolute Gasteiger partial charge is 0.304 e. The number of azide groups is 1. The Morgan fingerprint density at radius 1 is 1.65 bits per heavy atom. The third kappa shape index (κ3) is 3.39. The summed E-state index contributed by atoms with van der Waals surface area (Å²) in [5.74, 6) is -0.320. The van der Waals surface area contributed by atoms with Crippen molar-refractivity contribution >= 4 is 5.97 Å². The summed E-state index contributed by atoms with van der Waals surface area (Å²) in [5.41, 5.74) is 9.98. The molecule has 1 atom stereocenters. The highest BCUT2D eigenvalue weighted by atomic mass is 16.5. The number of benzene rings is 1. The molecule has 0 amide bonds. The second kappa shape index (κ2) is 5.77. The first-order valence-corrected chi connectivity index (χ1v) is 4.99. The van der Waals surface area contributed by atoms with Crippen LogP contribution in [-0.2, 0) is 4.79 Å². The molecule has 6 heteroatoms. The zero-order valence-corrected chi connectivity index (χ0v) is 9.62. The number of carboxylic acid groups (broad SMARTS) is 1. The number of rotatable bonds is 5. The summed E-state index contributed by atoms with van der Waals surface area (Å²) in [6.07, 6.45) is -0.225. The van der Waals surface area contributed by atoms with Gasteiger partial charge < -0.3 is 9.84 Å². The molecule has 0 aliphatic carbocycles. The predicted octanol–water partition coefficient (Wildman–Crippen LogP) is 2.83. The van der Waals surface area contributed by atoms with Crippen LogP contribution in [0.4, 0.5) is 0 Å². The Hall–Kier alpha value is -2.20. The standard InChI is InChI=1S/C11H13N3O3/c1-7-5-8(17-2)3-4-9(7)10(13-14-12)6-11(15)16/h3-5,10H,6H2,1-2H3,(H,15,16). The van der Waals surface area contributed by atoms with E-state index >= 15 is 0 Å². The second-order valence-corrected chi connectivity index (χ2v) is 3.54. The zero-order chi connectivity index (χ0) is 12.8. The van der Waals surface area contributed by atoms with Crippen LogP contribution in [0.15, 0.2) is 23.3 Å². The first-order chi connectivity index (χ1) is 8.08. The maximum absolute atomic E-state index is 10.7. The quantitative estimate of drug-likeness (QED) is 0.482. The molecule has 0 aromatic heterocycles. The fourth-order valence-electron chi connectivity index (χ4n) is 1.59. The lowest BCUT2D eigenvalue weighted by Gasteiger charge is -2.13. The molecule has 17 heavy (non-hydrogen) atoms. The van der Waals surface area contributed by atoms with Gasteiger partial charge in [0.1, 0.15) is 5.75 Å². The third-order valence-electron chi connectivity index (χ3n) is 2.39. The molecule has 1 N–H and O–H groups in total. The molecule has 0 spiro atoms. The van der Waals surface area contributed by atoms with E-state index in [1.807, 2.05) is 6.92 Å². The van der Waals surface area contributed by atoms with Crippen LogP contribution in [0, 0.1) is 6.92 Å². The maximum atomic E-state index is 10.7. The molecule has 6 nitrogen and oxygen atoms in total. The van der Waals surface area contributed by atoms with Gasteiger partial charge in [0, 0.05) is 4.91 Å². The Labute approximate surface area is 98.5 Å². The van der Waals surface area contributed by atoms with E-state index in [0.29, 0.717) is 11.3 Å². The molecule has 1 aromatic carbocycles. The molecule has 90 valence electrons. The molecule has 0 fully saturated rings. The van der Waals surface area contributed by atoms with E-state index in [4.69, 9.17) is 15.4 Å². The lowest BCUT2D eigenvalue weighted by molar-refractivity contribution is -0.137. The topological polar surface area (TPSA) is 95.3 Å². The first kappa shape index (κ1) is 12.9. The number of methoxy groups -OCH3 is 1. The Bertz CT molecular complexity index is 467. The largest absolute Gasteiger partial charge is 0.497 e. The van der Waals surface area contributed by atoms with Gasteiger partial charge >= 0.3 is 5.97 Å². The van der Waals surface area contributed by atoms with Crippen LogP contribution in [0.5, 0.6) is 5.75 Å². The summed E-state index contributed by atoms with van der Waals surface area (Å²) in [7, 11) is 1.55. The van der Waals surface area contributed by atoms with Gasteiger partial charge in [-0.3, -0.25) is 4.79 Å². The molecule has 1 aromatic rings. The van der Waals surface area contributed by atoms with E-state index in [-0.39, 0.29) is 6.42 Å². The number of ether oxygens (including phenoxy) is 1. The van der Waals surface area contributed by atoms with E-state index < -0.39 is 12.0 Å². The van der Waals surface area contributed by atoms with Gasteiger partial charge in [-0.25, -0.2) is 0 Å². The maximum Gasteiger partial charge on any atom is 0.304 e. The van der Waals surface area contributed by atoms with E-state index in [2.05, 4.69) is 10.0 Å². The van der Waals surface area contributed by atoms with Crippen molar-refractivity contribution in [3.63, 3.8) is 0 Å². The monoisotopic (exact) mass is 235 g/mol. The SMILES string of the molecule is COc1ccc(C(CC(=O)O)N=[N+]=[N-])c(C)c1. The van der Waals surface area contributed by atoms with E-state index in [1.54, 1.807) is 25.3 Å². The van der Waals surface area contributed by atoms with Gasteiger partial charge in [0.2, 0.25) is 0 Å². The normalized spacial score (nSPS) is 11.4. The number of hydrogen-bond donors (Lipinski definition) is 1. The number of aryl methyl sites for hydroxylation is 1. The van der Waals surface area contributed by atoms with Gasteiger partial charge in [-0.05, 0) is 35.7 Å². The van der Waals surface area contributed by atoms with Crippen LogP contribution < -0.4 is 4.74 Å². The summed E-state index contributed by atoms with van der Waals surface area (Å²) >= 11 is 0. The lowest BCUT2D eigenvalue weighted by atomic mass is 9.99. The second-order valence-electron chi connectivity index (χ2n) is 3.54. The average molecular weight is 235 g/mol. The van der Waals surface area contributed by atoms with Crippen LogP contribution in [0.1, 0.15) is 23.6 Å². The summed E-state index contributed by atoms with van der Waals surface area (Å²) in [6.45, 7) is 1.82. The molecule has 0 aliphatic rings. The minimum atomic E-state index is -1.00. The van der Waals surface area contributed by atoms with Gasteiger partial charge in [0.05, 0.1) is 19.6 Å². The van der Waals surface area contributed by atoms with E-state index in [9.17, 15) is 4.79 Å². The minimum Gasteiger partial charge on any atom is -0.497 e. The molecule has 1 rings (SSSR count). The molecule has 0 radical (unpaired) electrons. The van der Waals surface area contributed by atoms with Gasteiger partial charge in [-0.1, -0.05) is 11.2 Å². The fourth-order valence-corrected chi connectivity index (χ4v) is 1.59. The van der Waals surface area contributed by atoms with Crippen molar-refractivity contribution in [1.82, 2.24) is 0 Å². The number of carbonyl (C=O) groups is 1. The summed E-state index contributed by atoms with van der Waals surface area (Å²) in [6, 6.07) is 4.51. The van der Waals surface area contributed by atoms with Crippen molar-refractivity contribution in [2.24, 2.45) is 5.11 Å². The Balaban J connectivity index is 3.09. The fraction of sp³-hybridized carbons (Fsp3) is 0.364. The number of nitrogens with zero attached hydrogens (tertiary/aromatic N) is 3. The molecule has 0 saturated carbocycles. The van der Waals surface area contributed by atoms with Gasteiger partial charge in [0.15, 0.2) is 0 Å². The van der Waals surface area contributed by atoms with Crippen LogP contribution >= 0.6 is 0 Å². The lowest BCUT2D eigenvalue weighted by Crippen LogP contribution is -2.05. The molecule has 0 aliphatic heterocycles. The molecular weight excluding hydrogens is 222 g/mol. The van der Waals surface area contributed by atoms with Crippen LogP contribution in [-0.4, -0.2) is 18.2 Å². The highest BCUT2D eigenvalue weighted by Crippen LogP contribution is 2.27. The molecule has 0 heterocycles. The molecule has 0 saturated heterocycles. The van der Waals surface area contributed by atoms with Crippen molar-refractivity contribution in [3.05, 3.63) is 39.8 Å².